The predicted octanol–water partition coefficient (Wildman–Crippen LogP) is 2.98. The van der Waals surface area contributed by atoms with Crippen molar-refractivity contribution in [2.45, 2.75) is 19.8 Å². The molecular weight excluding hydrogens is 346 g/mol. The molecule has 7 nitrogen and oxygen atoms in total. The molecule has 0 radical (unpaired) electrons. The fraction of sp³-hybridized carbons (Fsp3) is 0.350. The number of carbonyl (C=O) groups is 2. The predicted molar refractivity (Wildman–Crippen MR) is 101 cm³/mol. The number of anilines is 1. The Morgan fingerprint density at radius 2 is 1.93 bits per heavy atom. The van der Waals surface area contributed by atoms with Crippen molar-refractivity contribution in [2.24, 2.45) is 0 Å². The van der Waals surface area contributed by atoms with Crippen LogP contribution >= 0.6 is 0 Å². The van der Waals surface area contributed by atoms with Crippen LogP contribution in [0.4, 0.5) is 5.69 Å². The lowest BCUT2D eigenvalue weighted by atomic mass is 10.2. The lowest BCUT2D eigenvalue weighted by molar-refractivity contribution is 0.0787. The van der Waals surface area contributed by atoms with Gasteiger partial charge in [0.1, 0.15) is 18.9 Å². The molecule has 0 saturated carbocycles. The molecule has 3 rings (SSSR count). The van der Waals surface area contributed by atoms with Crippen LogP contribution in [0.15, 0.2) is 36.5 Å². The Balaban J connectivity index is 1.71. The SMILES string of the molecule is CCCCN(C)C(=O)c1cc(C(=O)Nc2ccc3c(c2)OCCO3)ccn1. The molecule has 1 aromatic carbocycles. The van der Waals surface area contributed by atoms with Crippen LogP contribution in [-0.4, -0.2) is 48.5 Å². The fourth-order valence-corrected chi connectivity index (χ4v) is 2.71. The molecule has 1 aliphatic heterocycles. The van der Waals surface area contributed by atoms with Crippen molar-refractivity contribution < 1.29 is 19.1 Å². The molecule has 2 heterocycles. The van der Waals surface area contributed by atoms with Gasteiger partial charge in [-0.05, 0) is 30.7 Å². The molecule has 27 heavy (non-hydrogen) atoms. The van der Waals surface area contributed by atoms with Gasteiger partial charge in [0.05, 0.1) is 0 Å². The van der Waals surface area contributed by atoms with E-state index in [1.54, 1.807) is 36.2 Å². The number of nitrogens with one attached hydrogen (secondary N) is 1. The average molecular weight is 369 g/mol. The van der Waals surface area contributed by atoms with Crippen molar-refractivity contribution in [3.63, 3.8) is 0 Å². The number of rotatable bonds is 6. The van der Waals surface area contributed by atoms with Crippen molar-refractivity contribution in [1.29, 1.82) is 0 Å². The van der Waals surface area contributed by atoms with E-state index in [2.05, 4.69) is 17.2 Å². The number of fused-ring (bicyclic) bond motifs is 1. The first-order valence-electron chi connectivity index (χ1n) is 9.01. The Hall–Kier alpha value is -3.09. The third kappa shape index (κ3) is 4.55. The number of unbranched alkanes of at least 4 members (excludes halogenated alkanes) is 1. The summed E-state index contributed by atoms with van der Waals surface area (Å²) in [6, 6.07) is 8.32. The van der Waals surface area contributed by atoms with Crippen molar-refractivity contribution in [3.05, 3.63) is 47.8 Å². The molecule has 0 spiro atoms. The van der Waals surface area contributed by atoms with Gasteiger partial charge in [-0.3, -0.25) is 14.6 Å². The van der Waals surface area contributed by atoms with Gasteiger partial charge in [-0.2, -0.15) is 0 Å². The van der Waals surface area contributed by atoms with E-state index < -0.39 is 0 Å². The summed E-state index contributed by atoms with van der Waals surface area (Å²) in [7, 11) is 1.74. The van der Waals surface area contributed by atoms with E-state index in [0.29, 0.717) is 42.5 Å². The molecule has 0 atom stereocenters. The number of pyridine rings is 1. The summed E-state index contributed by atoms with van der Waals surface area (Å²) in [4.78, 5) is 30.7. The van der Waals surface area contributed by atoms with E-state index in [1.807, 2.05) is 0 Å². The number of aromatic nitrogens is 1. The number of hydrogen-bond acceptors (Lipinski definition) is 5. The van der Waals surface area contributed by atoms with Crippen LogP contribution in [0, 0.1) is 0 Å². The van der Waals surface area contributed by atoms with Crippen molar-refractivity contribution in [1.82, 2.24) is 9.88 Å². The van der Waals surface area contributed by atoms with Crippen LogP contribution < -0.4 is 14.8 Å². The first-order chi connectivity index (χ1) is 13.1. The van der Waals surface area contributed by atoms with E-state index in [4.69, 9.17) is 9.47 Å². The molecule has 1 aromatic heterocycles. The topological polar surface area (TPSA) is 80.8 Å². The Bertz CT molecular complexity index is 838. The third-order valence-electron chi connectivity index (χ3n) is 4.24. The zero-order chi connectivity index (χ0) is 19.2. The van der Waals surface area contributed by atoms with Crippen LogP contribution in [0.3, 0.4) is 0 Å². The molecule has 0 unspecified atom stereocenters. The van der Waals surface area contributed by atoms with Crippen LogP contribution in [-0.2, 0) is 0 Å². The Morgan fingerprint density at radius 1 is 1.15 bits per heavy atom. The second kappa shape index (κ2) is 8.53. The summed E-state index contributed by atoms with van der Waals surface area (Å²) in [6.07, 6.45) is 3.40. The molecule has 1 aliphatic rings. The normalized spacial score (nSPS) is 12.4. The number of amides is 2. The molecular formula is C20H23N3O4. The van der Waals surface area contributed by atoms with E-state index >= 15 is 0 Å². The number of carbonyl (C=O) groups excluding carboxylic acids is 2. The van der Waals surface area contributed by atoms with Crippen LogP contribution in [0.2, 0.25) is 0 Å². The van der Waals surface area contributed by atoms with Gasteiger partial charge in [0.2, 0.25) is 0 Å². The average Bonchev–Trinajstić information content (AvgIpc) is 2.71. The van der Waals surface area contributed by atoms with Crippen molar-refractivity contribution >= 4 is 17.5 Å². The molecule has 0 saturated heterocycles. The van der Waals surface area contributed by atoms with Crippen LogP contribution in [0.1, 0.15) is 40.6 Å². The van der Waals surface area contributed by atoms with Crippen molar-refractivity contribution in [3.8, 4) is 11.5 Å². The summed E-state index contributed by atoms with van der Waals surface area (Å²) in [5.41, 5.74) is 1.21. The number of nitrogens with zero attached hydrogens (tertiary/aromatic N) is 2. The van der Waals surface area contributed by atoms with Gasteiger partial charge in [-0.15, -0.1) is 0 Å². The minimum Gasteiger partial charge on any atom is -0.486 e. The van der Waals surface area contributed by atoms with Gasteiger partial charge in [0.15, 0.2) is 11.5 Å². The zero-order valence-electron chi connectivity index (χ0n) is 15.5. The maximum atomic E-state index is 12.6. The van der Waals surface area contributed by atoms with Gasteiger partial charge in [-0.1, -0.05) is 13.3 Å². The minimum atomic E-state index is -0.320. The molecule has 7 heteroatoms. The van der Waals surface area contributed by atoms with Crippen LogP contribution in [0.25, 0.3) is 0 Å². The highest BCUT2D eigenvalue weighted by Gasteiger charge is 2.17. The molecule has 0 bridgehead atoms. The first kappa shape index (κ1) is 18.7. The molecule has 2 amide bonds. The Kier molecular flexibility index (Phi) is 5.90. The van der Waals surface area contributed by atoms with E-state index in [1.165, 1.54) is 12.3 Å². The highest BCUT2D eigenvalue weighted by atomic mass is 16.6. The Labute approximate surface area is 158 Å². The van der Waals surface area contributed by atoms with Gasteiger partial charge in [0.25, 0.3) is 11.8 Å². The van der Waals surface area contributed by atoms with Gasteiger partial charge in [0, 0.05) is 37.1 Å². The molecule has 142 valence electrons. The Morgan fingerprint density at radius 3 is 2.70 bits per heavy atom. The second-order valence-corrected chi connectivity index (χ2v) is 6.32. The quantitative estimate of drug-likeness (QED) is 0.847. The largest absolute Gasteiger partial charge is 0.486 e. The number of benzene rings is 1. The molecule has 1 N–H and O–H groups in total. The molecule has 2 aromatic rings. The van der Waals surface area contributed by atoms with Gasteiger partial charge < -0.3 is 19.7 Å². The highest BCUT2D eigenvalue weighted by molar-refractivity contribution is 6.05. The highest BCUT2D eigenvalue weighted by Crippen LogP contribution is 2.32. The first-order valence-corrected chi connectivity index (χ1v) is 9.01. The number of hydrogen-bond donors (Lipinski definition) is 1. The summed E-state index contributed by atoms with van der Waals surface area (Å²) in [6.45, 7) is 3.72. The summed E-state index contributed by atoms with van der Waals surface area (Å²) < 4.78 is 11.0. The number of ether oxygens (including phenoxy) is 2. The summed E-state index contributed by atoms with van der Waals surface area (Å²) in [5.74, 6) is 0.741. The smallest absolute Gasteiger partial charge is 0.272 e. The van der Waals surface area contributed by atoms with Gasteiger partial charge >= 0.3 is 0 Å². The van der Waals surface area contributed by atoms with E-state index in [-0.39, 0.29) is 17.5 Å². The van der Waals surface area contributed by atoms with Gasteiger partial charge in [-0.25, -0.2) is 0 Å². The summed E-state index contributed by atoms with van der Waals surface area (Å²) >= 11 is 0. The maximum Gasteiger partial charge on any atom is 0.272 e. The lowest BCUT2D eigenvalue weighted by Gasteiger charge is -2.19. The fourth-order valence-electron chi connectivity index (χ4n) is 2.71. The standard InChI is InChI=1S/C20H23N3O4/c1-3-4-9-23(2)20(25)16-12-14(7-8-21-16)19(24)22-15-5-6-17-18(13-15)27-11-10-26-17/h5-8,12-13H,3-4,9-11H2,1-2H3,(H,22,24). The second-order valence-electron chi connectivity index (χ2n) is 6.32. The van der Waals surface area contributed by atoms with E-state index in [0.717, 1.165) is 12.8 Å². The lowest BCUT2D eigenvalue weighted by Crippen LogP contribution is -2.28. The molecule has 0 aliphatic carbocycles. The summed E-state index contributed by atoms with van der Waals surface area (Å²) in [5, 5.41) is 2.81. The third-order valence-corrected chi connectivity index (χ3v) is 4.24. The zero-order valence-corrected chi connectivity index (χ0v) is 15.5. The minimum absolute atomic E-state index is 0.197. The van der Waals surface area contributed by atoms with Crippen LogP contribution in [0.5, 0.6) is 11.5 Å². The van der Waals surface area contributed by atoms with E-state index in [9.17, 15) is 9.59 Å². The molecule has 0 fully saturated rings. The maximum absolute atomic E-state index is 12.6. The monoisotopic (exact) mass is 369 g/mol. The van der Waals surface area contributed by atoms with Crippen molar-refractivity contribution in [2.75, 3.05) is 32.1 Å².